The van der Waals surface area contributed by atoms with Crippen molar-refractivity contribution in [1.29, 1.82) is 0 Å². The van der Waals surface area contributed by atoms with Crippen LogP contribution in [0.3, 0.4) is 0 Å². The van der Waals surface area contributed by atoms with E-state index < -0.39 is 0 Å². The van der Waals surface area contributed by atoms with Gasteiger partial charge in [-0.3, -0.25) is 9.69 Å². The highest BCUT2D eigenvalue weighted by atomic mass is 16.2. The van der Waals surface area contributed by atoms with Gasteiger partial charge >= 0.3 is 0 Å². The Bertz CT molecular complexity index is 420. The molecule has 1 amide bonds. The van der Waals surface area contributed by atoms with Gasteiger partial charge in [0.15, 0.2) is 0 Å². The van der Waals surface area contributed by atoms with Crippen LogP contribution in [0, 0.1) is 17.8 Å². The lowest BCUT2D eigenvalue weighted by Gasteiger charge is -2.44. The summed E-state index contributed by atoms with van der Waals surface area (Å²) >= 11 is 0. The summed E-state index contributed by atoms with van der Waals surface area (Å²) in [6.07, 6.45) is 11.2. The Kier molecular flexibility index (Phi) is 4.64. The predicted octanol–water partition coefficient (Wildman–Crippen LogP) is 2.23. The standard InChI is InChI=1S/C19H33N3O/c20-18-14-5-4-6-15(18)12-16(11-14)19(23)22-10-7-17(13-22)21-8-2-1-3-9-21/h14-18H,1-13,20H2. The Morgan fingerprint density at radius 1 is 0.870 bits per heavy atom. The van der Waals surface area contributed by atoms with E-state index in [0.717, 1.165) is 25.9 Å². The number of likely N-dealkylation sites (tertiary alicyclic amines) is 2. The zero-order valence-electron chi connectivity index (χ0n) is 14.5. The van der Waals surface area contributed by atoms with Gasteiger partial charge in [0, 0.05) is 31.1 Å². The lowest BCUT2D eigenvalue weighted by atomic mass is 9.65. The first-order valence-electron chi connectivity index (χ1n) is 10.0. The highest BCUT2D eigenvalue weighted by molar-refractivity contribution is 5.79. The van der Waals surface area contributed by atoms with Crippen LogP contribution in [0.2, 0.25) is 0 Å². The molecule has 2 aliphatic carbocycles. The first-order chi connectivity index (χ1) is 11.2. The molecule has 0 aromatic heterocycles. The second-order valence-corrected chi connectivity index (χ2v) is 8.52. The van der Waals surface area contributed by atoms with Crippen LogP contribution >= 0.6 is 0 Å². The molecular formula is C19H33N3O. The molecule has 2 N–H and O–H groups in total. The van der Waals surface area contributed by atoms with E-state index in [1.807, 2.05) is 0 Å². The minimum Gasteiger partial charge on any atom is -0.341 e. The van der Waals surface area contributed by atoms with Gasteiger partial charge in [0.2, 0.25) is 5.91 Å². The largest absolute Gasteiger partial charge is 0.341 e. The van der Waals surface area contributed by atoms with Crippen LogP contribution in [0.1, 0.15) is 57.8 Å². The third-order valence-electron chi connectivity index (χ3n) is 7.14. The predicted molar refractivity (Wildman–Crippen MR) is 91.9 cm³/mol. The van der Waals surface area contributed by atoms with Crippen LogP contribution < -0.4 is 5.73 Å². The molecule has 2 aliphatic heterocycles. The summed E-state index contributed by atoms with van der Waals surface area (Å²) in [5.74, 6) is 1.94. The molecule has 4 rings (SSSR count). The van der Waals surface area contributed by atoms with Crippen molar-refractivity contribution < 1.29 is 4.79 Å². The van der Waals surface area contributed by atoms with E-state index in [1.54, 1.807) is 0 Å². The van der Waals surface area contributed by atoms with Crippen molar-refractivity contribution in [2.75, 3.05) is 26.2 Å². The Labute approximate surface area is 140 Å². The number of rotatable bonds is 2. The highest BCUT2D eigenvalue weighted by Crippen LogP contribution is 2.42. The normalized spacial score (nSPS) is 42.0. The van der Waals surface area contributed by atoms with E-state index in [1.165, 1.54) is 58.0 Å². The molecule has 4 aliphatic rings. The second kappa shape index (κ2) is 6.72. The smallest absolute Gasteiger partial charge is 0.225 e. The summed E-state index contributed by atoms with van der Waals surface area (Å²) in [7, 11) is 0. The third kappa shape index (κ3) is 3.17. The zero-order chi connectivity index (χ0) is 15.8. The minimum atomic E-state index is 0.269. The van der Waals surface area contributed by atoms with Gasteiger partial charge in [-0.25, -0.2) is 0 Å². The van der Waals surface area contributed by atoms with Gasteiger partial charge in [-0.15, -0.1) is 0 Å². The molecule has 0 aromatic rings. The quantitative estimate of drug-likeness (QED) is 0.849. The van der Waals surface area contributed by atoms with Crippen LogP contribution in [0.5, 0.6) is 0 Å². The van der Waals surface area contributed by atoms with E-state index in [4.69, 9.17) is 5.73 Å². The number of carbonyl (C=O) groups is 1. The average molecular weight is 319 g/mol. The van der Waals surface area contributed by atoms with Crippen LogP contribution in [0.25, 0.3) is 0 Å². The molecule has 0 aromatic carbocycles. The number of nitrogens with two attached hydrogens (primary N) is 1. The fraction of sp³-hybridized carbons (Fsp3) is 0.947. The molecule has 0 radical (unpaired) electrons. The number of nitrogens with zero attached hydrogens (tertiary/aromatic N) is 2. The Balaban J connectivity index is 1.34. The van der Waals surface area contributed by atoms with E-state index in [9.17, 15) is 4.79 Å². The van der Waals surface area contributed by atoms with E-state index in [2.05, 4.69) is 9.80 Å². The number of carbonyl (C=O) groups excluding carboxylic acids is 1. The molecule has 2 saturated carbocycles. The average Bonchev–Trinajstić information content (AvgIpc) is 3.05. The molecule has 130 valence electrons. The fourth-order valence-electron chi connectivity index (χ4n) is 5.77. The molecule has 3 unspecified atom stereocenters. The van der Waals surface area contributed by atoms with Crippen molar-refractivity contribution in [3.8, 4) is 0 Å². The highest BCUT2D eigenvalue weighted by Gasteiger charge is 2.42. The van der Waals surface area contributed by atoms with Crippen molar-refractivity contribution in [2.24, 2.45) is 23.5 Å². The van der Waals surface area contributed by atoms with E-state index in [0.29, 0.717) is 29.8 Å². The van der Waals surface area contributed by atoms with Crippen molar-refractivity contribution in [2.45, 2.75) is 69.9 Å². The van der Waals surface area contributed by atoms with Crippen molar-refractivity contribution in [3.05, 3.63) is 0 Å². The summed E-state index contributed by atoms with van der Waals surface area (Å²) in [6.45, 7) is 4.46. The number of fused-ring (bicyclic) bond motifs is 2. The van der Waals surface area contributed by atoms with Crippen LogP contribution in [0.4, 0.5) is 0 Å². The van der Waals surface area contributed by atoms with Gasteiger partial charge < -0.3 is 10.6 Å². The topological polar surface area (TPSA) is 49.6 Å². The maximum absolute atomic E-state index is 13.0. The molecular weight excluding hydrogens is 286 g/mol. The summed E-state index contributed by atoms with van der Waals surface area (Å²) in [4.78, 5) is 17.9. The van der Waals surface area contributed by atoms with Gasteiger partial charge in [-0.2, -0.15) is 0 Å². The SMILES string of the molecule is NC1C2CCCC1CC(C(=O)N1CCC(N3CCCCC3)C1)C2. The van der Waals surface area contributed by atoms with E-state index >= 15 is 0 Å². The summed E-state index contributed by atoms with van der Waals surface area (Å²) in [6, 6.07) is 0.997. The number of hydrogen-bond acceptors (Lipinski definition) is 3. The van der Waals surface area contributed by atoms with Gasteiger partial charge in [-0.1, -0.05) is 12.8 Å². The molecule has 23 heavy (non-hydrogen) atoms. The van der Waals surface area contributed by atoms with Gasteiger partial charge in [0.05, 0.1) is 0 Å². The molecule has 0 spiro atoms. The molecule has 3 atom stereocenters. The lowest BCUT2D eigenvalue weighted by Crippen LogP contribution is -2.50. The third-order valence-corrected chi connectivity index (χ3v) is 7.14. The minimum absolute atomic E-state index is 0.269. The Morgan fingerprint density at radius 3 is 2.26 bits per heavy atom. The molecule has 2 heterocycles. The van der Waals surface area contributed by atoms with Crippen molar-refractivity contribution in [1.82, 2.24) is 9.80 Å². The summed E-state index contributed by atoms with van der Waals surface area (Å²) < 4.78 is 0. The first-order valence-corrected chi connectivity index (χ1v) is 10.0. The molecule has 2 saturated heterocycles. The van der Waals surface area contributed by atoms with Crippen LogP contribution in [-0.4, -0.2) is 54.0 Å². The number of hydrogen-bond donors (Lipinski definition) is 1. The Hall–Kier alpha value is -0.610. The second-order valence-electron chi connectivity index (χ2n) is 8.52. The van der Waals surface area contributed by atoms with Gasteiger partial charge in [-0.05, 0) is 69.9 Å². The first kappa shape index (κ1) is 15.9. The van der Waals surface area contributed by atoms with Crippen LogP contribution in [-0.2, 0) is 4.79 Å². The molecule has 4 heteroatoms. The summed E-state index contributed by atoms with van der Waals surface area (Å²) in [5, 5.41) is 0. The number of amides is 1. The van der Waals surface area contributed by atoms with Crippen molar-refractivity contribution >= 4 is 5.91 Å². The van der Waals surface area contributed by atoms with Crippen LogP contribution in [0.15, 0.2) is 0 Å². The van der Waals surface area contributed by atoms with Gasteiger partial charge in [0.1, 0.15) is 0 Å². The lowest BCUT2D eigenvalue weighted by molar-refractivity contribution is -0.137. The number of piperidine rings is 1. The summed E-state index contributed by atoms with van der Waals surface area (Å²) in [5.41, 5.74) is 6.39. The van der Waals surface area contributed by atoms with Crippen molar-refractivity contribution in [3.63, 3.8) is 0 Å². The fourth-order valence-corrected chi connectivity index (χ4v) is 5.77. The zero-order valence-corrected chi connectivity index (χ0v) is 14.5. The van der Waals surface area contributed by atoms with E-state index in [-0.39, 0.29) is 5.92 Å². The van der Waals surface area contributed by atoms with Gasteiger partial charge in [0.25, 0.3) is 0 Å². The molecule has 4 fully saturated rings. The molecule has 4 nitrogen and oxygen atoms in total. The maximum atomic E-state index is 13.0. The Morgan fingerprint density at radius 2 is 1.57 bits per heavy atom. The maximum Gasteiger partial charge on any atom is 0.225 e. The monoisotopic (exact) mass is 319 g/mol. The molecule has 2 bridgehead atoms.